The van der Waals surface area contributed by atoms with E-state index >= 15 is 0 Å². The molecule has 0 aliphatic rings. The highest BCUT2D eigenvalue weighted by molar-refractivity contribution is 6.61. The van der Waals surface area contributed by atoms with Crippen LogP contribution in [-0.2, 0) is 9.53 Å². The number of hydrogen-bond acceptors (Lipinski definition) is 2. The monoisotopic (exact) mass is 242 g/mol. The van der Waals surface area contributed by atoms with Crippen molar-refractivity contribution in [3.8, 4) is 0 Å². The summed E-state index contributed by atoms with van der Waals surface area (Å²) in [5.41, 5.74) is 1.52. The Morgan fingerprint density at radius 1 is 1.31 bits per heavy atom. The van der Waals surface area contributed by atoms with Gasteiger partial charge in [0.1, 0.15) is 0 Å². The molecule has 3 heteroatoms. The minimum absolute atomic E-state index is 0.0898. The standard InChI is InChI=1S/C13H26O2Si/c1-7-12(15-13(14)8-2)9-16(10(3)4)11(5)6/h8,10-12,16H,2,7,9H2,1,3-6H3. The van der Waals surface area contributed by atoms with Crippen LogP contribution in [0, 0.1) is 0 Å². The quantitative estimate of drug-likeness (QED) is 0.388. The zero-order valence-electron chi connectivity index (χ0n) is 11.3. The van der Waals surface area contributed by atoms with Crippen LogP contribution in [0.3, 0.4) is 0 Å². The van der Waals surface area contributed by atoms with Gasteiger partial charge in [-0.1, -0.05) is 52.3 Å². The molecule has 2 nitrogen and oxygen atoms in total. The lowest BCUT2D eigenvalue weighted by molar-refractivity contribution is -0.142. The number of carbonyl (C=O) groups is 1. The molecule has 0 aromatic heterocycles. The van der Waals surface area contributed by atoms with Crippen molar-refractivity contribution >= 4 is 14.8 Å². The summed E-state index contributed by atoms with van der Waals surface area (Å²) in [5, 5.41) is 0. The Labute approximate surface area is 102 Å². The van der Waals surface area contributed by atoms with Crippen molar-refractivity contribution in [2.75, 3.05) is 0 Å². The van der Waals surface area contributed by atoms with E-state index in [1.54, 1.807) is 0 Å². The Hall–Kier alpha value is -0.573. The number of ether oxygens (including phenoxy) is 1. The van der Waals surface area contributed by atoms with Gasteiger partial charge in [0.25, 0.3) is 0 Å². The van der Waals surface area contributed by atoms with Crippen molar-refractivity contribution < 1.29 is 9.53 Å². The predicted molar refractivity (Wildman–Crippen MR) is 72.5 cm³/mol. The fourth-order valence-electron chi connectivity index (χ4n) is 2.13. The molecule has 0 amide bonds. The zero-order chi connectivity index (χ0) is 12.7. The molecule has 0 aromatic carbocycles. The van der Waals surface area contributed by atoms with Gasteiger partial charge in [-0.15, -0.1) is 0 Å². The Bertz CT molecular complexity index is 216. The number of hydrogen-bond donors (Lipinski definition) is 0. The van der Waals surface area contributed by atoms with E-state index in [1.165, 1.54) is 6.08 Å². The maximum atomic E-state index is 11.2. The first kappa shape index (κ1) is 15.4. The lowest BCUT2D eigenvalue weighted by atomic mass is 10.3. The molecule has 0 aliphatic heterocycles. The first-order chi connectivity index (χ1) is 7.42. The second-order valence-corrected chi connectivity index (χ2v) is 9.52. The largest absolute Gasteiger partial charge is 0.460 e. The molecule has 0 fully saturated rings. The van der Waals surface area contributed by atoms with Gasteiger partial charge in [0, 0.05) is 14.9 Å². The summed E-state index contributed by atoms with van der Waals surface area (Å²) in [6.45, 7) is 14.7. The molecule has 0 N–H and O–H groups in total. The minimum atomic E-state index is -0.837. The molecule has 1 unspecified atom stereocenters. The summed E-state index contributed by atoms with van der Waals surface area (Å²) in [6.07, 6.45) is 2.25. The molecule has 0 aromatic rings. The molecule has 0 heterocycles. The van der Waals surface area contributed by atoms with Crippen molar-refractivity contribution in [2.24, 2.45) is 0 Å². The molecule has 0 spiro atoms. The van der Waals surface area contributed by atoms with E-state index in [0.717, 1.165) is 23.5 Å². The van der Waals surface area contributed by atoms with Crippen LogP contribution in [0.5, 0.6) is 0 Å². The number of carbonyl (C=O) groups excluding carboxylic acids is 1. The van der Waals surface area contributed by atoms with Crippen molar-refractivity contribution in [3.05, 3.63) is 12.7 Å². The fraction of sp³-hybridized carbons (Fsp3) is 0.769. The third-order valence-electron chi connectivity index (χ3n) is 3.15. The van der Waals surface area contributed by atoms with Gasteiger partial charge in [-0.05, 0) is 12.5 Å². The smallest absolute Gasteiger partial charge is 0.330 e. The van der Waals surface area contributed by atoms with Gasteiger partial charge in [-0.25, -0.2) is 4.79 Å². The molecule has 94 valence electrons. The van der Waals surface area contributed by atoms with Crippen molar-refractivity contribution in [1.82, 2.24) is 0 Å². The zero-order valence-corrected chi connectivity index (χ0v) is 12.5. The lowest BCUT2D eigenvalue weighted by Crippen LogP contribution is -2.29. The van der Waals surface area contributed by atoms with Gasteiger partial charge in [-0.2, -0.15) is 0 Å². The van der Waals surface area contributed by atoms with Crippen LogP contribution in [-0.4, -0.2) is 20.9 Å². The summed E-state index contributed by atoms with van der Waals surface area (Å²) in [5.74, 6) is -0.285. The molecule has 0 radical (unpaired) electrons. The average Bonchev–Trinajstić information content (AvgIpc) is 2.22. The summed E-state index contributed by atoms with van der Waals surface area (Å²) >= 11 is 0. The SMILES string of the molecule is C=CC(=O)OC(CC)C[SiH](C(C)C)C(C)C. The highest BCUT2D eigenvalue weighted by Crippen LogP contribution is 2.26. The van der Waals surface area contributed by atoms with E-state index in [1.807, 2.05) is 0 Å². The predicted octanol–water partition coefficient (Wildman–Crippen LogP) is 3.54. The van der Waals surface area contributed by atoms with E-state index in [9.17, 15) is 4.79 Å². The van der Waals surface area contributed by atoms with Crippen LogP contribution in [0.1, 0.15) is 41.0 Å². The lowest BCUT2D eigenvalue weighted by Gasteiger charge is -2.27. The topological polar surface area (TPSA) is 26.3 Å². The van der Waals surface area contributed by atoms with Gasteiger partial charge < -0.3 is 4.74 Å². The molecular formula is C13H26O2Si. The molecule has 1 atom stereocenters. The number of rotatable bonds is 7. The molecule has 0 saturated heterocycles. The van der Waals surface area contributed by atoms with Crippen LogP contribution in [0.25, 0.3) is 0 Å². The van der Waals surface area contributed by atoms with E-state index < -0.39 is 8.80 Å². The molecule has 0 bridgehead atoms. The van der Waals surface area contributed by atoms with E-state index in [2.05, 4.69) is 41.2 Å². The van der Waals surface area contributed by atoms with Gasteiger partial charge >= 0.3 is 5.97 Å². The molecule has 16 heavy (non-hydrogen) atoms. The van der Waals surface area contributed by atoms with Gasteiger partial charge in [0.15, 0.2) is 0 Å². The Kier molecular flexibility index (Phi) is 7.39. The van der Waals surface area contributed by atoms with E-state index in [-0.39, 0.29) is 12.1 Å². The average molecular weight is 242 g/mol. The Morgan fingerprint density at radius 3 is 2.12 bits per heavy atom. The summed E-state index contributed by atoms with van der Waals surface area (Å²) in [7, 11) is -0.837. The second kappa shape index (κ2) is 7.66. The molecule has 0 rings (SSSR count). The summed E-state index contributed by atoms with van der Waals surface area (Å²) in [6, 6.07) is 1.09. The Balaban J connectivity index is 4.37. The third kappa shape index (κ3) is 5.49. The summed E-state index contributed by atoms with van der Waals surface area (Å²) < 4.78 is 5.36. The maximum absolute atomic E-state index is 11.2. The van der Waals surface area contributed by atoms with Crippen LogP contribution in [0.15, 0.2) is 12.7 Å². The van der Waals surface area contributed by atoms with Crippen molar-refractivity contribution in [1.29, 1.82) is 0 Å². The highest BCUT2D eigenvalue weighted by Gasteiger charge is 2.24. The molecule has 0 aliphatic carbocycles. The number of esters is 1. The molecule has 0 saturated carbocycles. The van der Waals surface area contributed by atoms with Gasteiger partial charge in [0.05, 0.1) is 6.10 Å². The van der Waals surface area contributed by atoms with Gasteiger partial charge in [0.2, 0.25) is 0 Å². The molecular weight excluding hydrogens is 216 g/mol. The summed E-state index contributed by atoms with van der Waals surface area (Å²) in [4.78, 5) is 11.2. The second-order valence-electron chi connectivity index (χ2n) is 5.06. The van der Waals surface area contributed by atoms with E-state index in [4.69, 9.17) is 4.74 Å². The van der Waals surface area contributed by atoms with Gasteiger partial charge in [-0.3, -0.25) is 0 Å². The first-order valence-electron chi connectivity index (χ1n) is 6.25. The fourth-order valence-corrected chi connectivity index (χ4v) is 5.79. The third-order valence-corrected chi connectivity index (χ3v) is 7.65. The first-order valence-corrected chi connectivity index (χ1v) is 8.40. The normalized spacial score (nSPS) is 13.2. The van der Waals surface area contributed by atoms with Crippen molar-refractivity contribution in [2.45, 2.75) is 64.3 Å². The maximum Gasteiger partial charge on any atom is 0.330 e. The minimum Gasteiger partial charge on any atom is -0.460 e. The van der Waals surface area contributed by atoms with Crippen LogP contribution in [0.2, 0.25) is 17.1 Å². The van der Waals surface area contributed by atoms with Crippen molar-refractivity contribution in [3.63, 3.8) is 0 Å². The van der Waals surface area contributed by atoms with Crippen LogP contribution in [0.4, 0.5) is 0 Å². The highest BCUT2D eigenvalue weighted by atomic mass is 28.3. The van der Waals surface area contributed by atoms with Crippen LogP contribution >= 0.6 is 0 Å². The Morgan fingerprint density at radius 2 is 1.81 bits per heavy atom. The van der Waals surface area contributed by atoms with E-state index in [0.29, 0.717) is 0 Å². The van der Waals surface area contributed by atoms with Crippen LogP contribution < -0.4 is 0 Å².